The van der Waals surface area contributed by atoms with Crippen molar-refractivity contribution in [2.45, 2.75) is 32.5 Å². The van der Waals surface area contributed by atoms with E-state index >= 15 is 0 Å². The van der Waals surface area contributed by atoms with Crippen molar-refractivity contribution in [3.63, 3.8) is 0 Å². The molecule has 0 bridgehead atoms. The van der Waals surface area contributed by atoms with E-state index in [0.29, 0.717) is 13.2 Å². The van der Waals surface area contributed by atoms with E-state index < -0.39 is 0 Å². The minimum absolute atomic E-state index is 0.377. The number of piperidine rings is 1. The fraction of sp³-hybridized carbons (Fsp3) is 0.474. The number of halogens is 1. The number of nitrogens with zero attached hydrogens (tertiary/aromatic N) is 3. The summed E-state index contributed by atoms with van der Waals surface area (Å²) < 4.78 is 11.6. The zero-order valence-corrected chi connectivity index (χ0v) is 15.8. The molecule has 0 aliphatic carbocycles. The molecule has 0 unspecified atom stereocenters. The van der Waals surface area contributed by atoms with Gasteiger partial charge in [-0.2, -0.15) is 0 Å². The summed E-state index contributed by atoms with van der Waals surface area (Å²) in [6, 6.07) is 7.88. The highest BCUT2D eigenvalue weighted by Gasteiger charge is 2.40. The van der Waals surface area contributed by atoms with E-state index in [4.69, 9.17) is 21.1 Å². The van der Waals surface area contributed by atoms with E-state index in [2.05, 4.69) is 20.2 Å². The van der Waals surface area contributed by atoms with Gasteiger partial charge in [-0.3, -0.25) is 0 Å². The van der Waals surface area contributed by atoms with Crippen LogP contribution in [0.1, 0.15) is 24.2 Å². The first-order valence-corrected chi connectivity index (χ1v) is 9.33. The summed E-state index contributed by atoms with van der Waals surface area (Å²) in [5.74, 6) is 2.04. The van der Waals surface area contributed by atoms with Crippen LogP contribution in [0.15, 0.2) is 24.3 Å². The molecule has 26 heavy (non-hydrogen) atoms. The average Bonchev–Trinajstić information content (AvgIpc) is 3.06. The van der Waals surface area contributed by atoms with Crippen LogP contribution >= 0.6 is 11.6 Å². The van der Waals surface area contributed by atoms with Gasteiger partial charge < -0.3 is 19.7 Å². The molecule has 4 rings (SSSR count). The minimum atomic E-state index is -0.377. The predicted molar refractivity (Wildman–Crippen MR) is 102 cm³/mol. The molecule has 0 radical (unpaired) electrons. The molecule has 2 aliphatic rings. The minimum Gasteiger partial charge on any atom is -0.356 e. The SMILES string of the molecule is Cc1nc(Nc2ccc(C)c(Cl)c2)cc(N2CCC3(CC2)OCCO3)n1. The molecule has 138 valence electrons. The van der Waals surface area contributed by atoms with Crippen LogP contribution in [0.3, 0.4) is 0 Å². The Morgan fingerprint density at radius 3 is 2.50 bits per heavy atom. The van der Waals surface area contributed by atoms with E-state index in [1.165, 1.54) is 0 Å². The molecule has 1 N–H and O–H groups in total. The summed E-state index contributed by atoms with van der Waals surface area (Å²) in [6.45, 7) is 6.99. The van der Waals surface area contributed by atoms with Gasteiger partial charge in [-0.15, -0.1) is 0 Å². The highest BCUT2D eigenvalue weighted by atomic mass is 35.5. The molecule has 0 atom stereocenters. The van der Waals surface area contributed by atoms with Crippen molar-refractivity contribution < 1.29 is 9.47 Å². The van der Waals surface area contributed by atoms with Crippen LogP contribution in [-0.4, -0.2) is 42.1 Å². The number of aryl methyl sites for hydroxylation is 2. The zero-order valence-electron chi connectivity index (χ0n) is 15.1. The molecule has 2 aromatic rings. The summed E-state index contributed by atoms with van der Waals surface area (Å²) in [6.07, 6.45) is 1.71. The van der Waals surface area contributed by atoms with E-state index in [9.17, 15) is 0 Å². The van der Waals surface area contributed by atoms with E-state index in [0.717, 1.165) is 59.7 Å². The van der Waals surface area contributed by atoms with Gasteiger partial charge in [0.1, 0.15) is 17.5 Å². The second-order valence-corrected chi connectivity index (χ2v) is 7.25. The highest BCUT2D eigenvalue weighted by Crippen LogP contribution is 2.33. The maximum atomic E-state index is 6.22. The fourth-order valence-electron chi connectivity index (χ4n) is 3.46. The lowest BCUT2D eigenvalue weighted by atomic mass is 10.0. The van der Waals surface area contributed by atoms with E-state index in [1.807, 2.05) is 38.1 Å². The first-order chi connectivity index (χ1) is 12.5. The third-order valence-corrected chi connectivity index (χ3v) is 5.34. The Hall–Kier alpha value is -1.89. The maximum Gasteiger partial charge on any atom is 0.171 e. The third kappa shape index (κ3) is 3.63. The molecule has 0 amide bonds. The summed E-state index contributed by atoms with van der Waals surface area (Å²) in [4.78, 5) is 11.4. The number of nitrogens with one attached hydrogen (secondary N) is 1. The topological polar surface area (TPSA) is 59.5 Å². The molecule has 3 heterocycles. The zero-order chi connectivity index (χ0) is 18.1. The molecule has 2 fully saturated rings. The fourth-order valence-corrected chi connectivity index (χ4v) is 3.64. The Labute approximate surface area is 158 Å². The molecule has 0 saturated carbocycles. The Balaban J connectivity index is 1.50. The molecular formula is C19H23ClN4O2. The van der Waals surface area contributed by atoms with Crippen molar-refractivity contribution in [2.24, 2.45) is 0 Å². The molecule has 6 nitrogen and oxygen atoms in total. The monoisotopic (exact) mass is 374 g/mol. The molecule has 1 spiro atoms. The first-order valence-electron chi connectivity index (χ1n) is 8.95. The van der Waals surface area contributed by atoms with Gasteiger partial charge in [-0.1, -0.05) is 17.7 Å². The average molecular weight is 375 g/mol. The lowest BCUT2D eigenvalue weighted by molar-refractivity contribution is -0.169. The largest absolute Gasteiger partial charge is 0.356 e. The molecule has 1 aromatic heterocycles. The van der Waals surface area contributed by atoms with Crippen LogP contribution in [0.25, 0.3) is 0 Å². The Kier molecular flexibility index (Phi) is 4.73. The molecular weight excluding hydrogens is 352 g/mol. The number of anilines is 3. The number of hydrogen-bond donors (Lipinski definition) is 1. The molecule has 2 aliphatic heterocycles. The van der Waals surface area contributed by atoms with Crippen LogP contribution in [0, 0.1) is 13.8 Å². The van der Waals surface area contributed by atoms with Gasteiger partial charge in [0.25, 0.3) is 0 Å². The van der Waals surface area contributed by atoms with Crippen LogP contribution in [0.4, 0.5) is 17.3 Å². The highest BCUT2D eigenvalue weighted by molar-refractivity contribution is 6.31. The van der Waals surface area contributed by atoms with Gasteiger partial charge in [-0.25, -0.2) is 9.97 Å². The summed E-state index contributed by atoms with van der Waals surface area (Å²) in [5, 5.41) is 4.06. The standard InChI is InChI=1S/C19H23ClN4O2/c1-13-3-4-15(11-16(13)20)23-17-12-18(22-14(2)21-17)24-7-5-19(6-8-24)25-9-10-26-19/h3-4,11-12H,5-10H2,1-2H3,(H,21,22,23). The second kappa shape index (κ2) is 7.02. The van der Waals surface area contributed by atoms with Crippen molar-refractivity contribution in [1.29, 1.82) is 0 Å². The van der Waals surface area contributed by atoms with Gasteiger partial charge >= 0.3 is 0 Å². The predicted octanol–water partition coefficient (Wildman–Crippen LogP) is 3.83. The number of hydrogen-bond acceptors (Lipinski definition) is 6. The Morgan fingerprint density at radius 2 is 1.81 bits per heavy atom. The lowest BCUT2D eigenvalue weighted by Gasteiger charge is -2.38. The summed E-state index contributed by atoms with van der Waals surface area (Å²) in [5.41, 5.74) is 1.96. The Morgan fingerprint density at radius 1 is 1.08 bits per heavy atom. The molecule has 7 heteroatoms. The van der Waals surface area contributed by atoms with Gasteiger partial charge in [0, 0.05) is 42.7 Å². The van der Waals surface area contributed by atoms with Gasteiger partial charge in [0.2, 0.25) is 0 Å². The quantitative estimate of drug-likeness (QED) is 0.881. The second-order valence-electron chi connectivity index (χ2n) is 6.84. The van der Waals surface area contributed by atoms with Crippen LogP contribution < -0.4 is 10.2 Å². The van der Waals surface area contributed by atoms with Gasteiger partial charge in [0.05, 0.1) is 13.2 Å². The number of ether oxygens (including phenoxy) is 2. The molecule has 2 saturated heterocycles. The maximum absolute atomic E-state index is 6.22. The molecule has 1 aromatic carbocycles. The number of rotatable bonds is 3. The van der Waals surface area contributed by atoms with Crippen molar-refractivity contribution >= 4 is 28.9 Å². The van der Waals surface area contributed by atoms with Gasteiger partial charge in [0.15, 0.2) is 5.79 Å². The van der Waals surface area contributed by atoms with Crippen molar-refractivity contribution in [3.8, 4) is 0 Å². The van der Waals surface area contributed by atoms with Crippen LogP contribution in [0.5, 0.6) is 0 Å². The van der Waals surface area contributed by atoms with Crippen LogP contribution in [-0.2, 0) is 9.47 Å². The van der Waals surface area contributed by atoms with E-state index in [1.54, 1.807) is 0 Å². The van der Waals surface area contributed by atoms with Crippen molar-refractivity contribution in [3.05, 3.63) is 40.7 Å². The van der Waals surface area contributed by atoms with Crippen molar-refractivity contribution in [1.82, 2.24) is 9.97 Å². The van der Waals surface area contributed by atoms with Gasteiger partial charge in [-0.05, 0) is 31.5 Å². The Bertz CT molecular complexity index is 798. The number of aromatic nitrogens is 2. The number of benzene rings is 1. The first kappa shape index (κ1) is 17.5. The van der Waals surface area contributed by atoms with E-state index in [-0.39, 0.29) is 5.79 Å². The normalized spacial score (nSPS) is 19.1. The van der Waals surface area contributed by atoms with Crippen LogP contribution in [0.2, 0.25) is 5.02 Å². The smallest absolute Gasteiger partial charge is 0.171 e. The summed E-state index contributed by atoms with van der Waals surface area (Å²) in [7, 11) is 0. The van der Waals surface area contributed by atoms with Crippen molar-refractivity contribution in [2.75, 3.05) is 36.5 Å². The third-order valence-electron chi connectivity index (χ3n) is 4.93. The lowest BCUT2D eigenvalue weighted by Crippen LogP contribution is -2.45. The summed E-state index contributed by atoms with van der Waals surface area (Å²) >= 11 is 6.22.